The van der Waals surface area contributed by atoms with E-state index in [4.69, 9.17) is 0 Å². The molecule has 2 aliphatic rings. The lowest BCUT2D eigenvalue weighted by Crippen LogP contribution is -2.31. The number of benzene rings is 7. The largest absolute Gasteiger partial charge is 0.309 e. The van der Waals surface area contributed by atoms with Crippen LogP contribution in [0.3, 0.4) is 0 Å². The molecule has 1 heteroatoms. The molecule has 0 aromatic heterocycles. The molecule has 0 saturated heterocycles. The Kier molecular flexibility index (Phi) is 5.01. The van der Waals surface area contributed by atoms with Crippen LogP contribution in [0.2, 0.25) is 0 Å². The number of nitrogens with zero attached hydrogens (tertiary/aromatic N) is 1. The summed E-state index contributed by atoms with van der Waals surface area (Å²) in [5.74, 6) is 0. The summed E-state index contributed by atoms with van der Waals surface area (Å²) in [5, 5.41) is 7.82. The van der Waals surface area contributed by atoms with E-state index in [-0.39, 0.29) is 10.8 Å². The fourth-order valence-electron chi connectivity index (χ4n) is 8.45. The van der Waals surface area contributed by atoms with Crippen molar-refractivity contribution >= 4 is 49.4 Å². The molecule has 9 rings (SSSR count). The maximum atomic E-state index is 2.58. The number of fused-ring (bicyclic) bond motifs is 10. The van der Waals surface area contributed by atoms with Crippen molar-refractivity contribution < 1.29 is 0 Å². The second kappa shape index (κ2) is 8.61. The van der Waals surface area contributed by atoms with E-state index in [1.165, 1.54) is 88.3 Å². The quantitative estimate of drug-likeness (QED) is 0.179. The normalized spacial score (nSPS) is 15.7. The van der Waals surface area contributed by atoms with Crippen molar-refractivity contribution in [3.8, 4) is 11.1 Å². The van der Waals surface area contributed by atoms with Gasteiger partial charge in [0.25, 0.3) is 0 Å². The maximum absolute atomic E-state index is 2.58. The van der Waals surface area contributed by atoms with Crippen LogP contribution in [0.1, 0.15) is 55.5 Å². The third kappa shape index (κ3) is 3.19. The van der Waals surface area contributed by atoms with E-state index in [0.717, 1.165) is 0 Å². The molecule has 1 nitrogen and oxygen atoms in total. The summed E-state index contributed by atoms with van der Waals surface area (Å²) in [6.07, 6.45) is 0. The molecule has 0 saturated carbocycles. The van der Waals surface area contributed by atoms with Gasteiger partial charge in [0, 0.05) is 16.2 Å². The summed E-state index contributed by atoms with van der Waals surface area (Å²) in [7, 11) is 0. The van der Waals surface area contributed by atoms with Crippen LogP contribution in [0.4, 0.5) is 17.1 Å². The Bertz CT molecular complexity index is 2350. The molecule has 1 aliphatic carbocycles. The Morgan fingerprint density at radius 1 is 0.386 bits per heavy atom. The number of rotatable bonds is 1. The van der Waals surface area contributed by atoms with E-state index in [1.54, 1.807) is 0 Å². The number of anilines is 3. The van der Waals surface area contributed by atoms with Gasteiger partial charge in [0.15, 0.2) is 0 Å². The highest BCUT2D eigenvalue weighted by Crippen LogP contribution is 2.58. The molecule has 0 spiro atoms. The Labute approximate surface area is 259 Å². The van der Waals surface area contributed by atoms with Crippen molar-refractivity contribution in [1.29, 1.82) is 0 Å². The summed E-state index contributed by atoms with van der Waals surface area (Å²) in [5.41, 5.74) is 13.2. The second-order valence-electron chi connectivity index (χ2n) is 13.8. The fourth-order valence-corrected chi connectivity index (χ4v) is 8.45. The molecule has 0 unspecified atom stereocenters. The number of para-hydroxylation sites is 1. The Morgan fingerprint density at radius 2 is 0.955 bits per heavy atom. The van der Waals surface area contributed by atoms with E-state index in [1.807, 2.05) is 0 Å². The monoisotopic (exact) mass is 565 g/mol. The van der Waals surface area contributed by atoms with Gasteiger partial charge in [0.2, 0.25) is 0 Å². The van der Waals surface area contributed by atoms with Gasteiger partial charge < -0.3 is 4.90 Å². The first-order valence-corrected chi connectivity index (χ1v) is 15.8. The molecule has 0 atom stereocenters. The summed E-state index contributed by atoms with van der Waals surface area (Å²) >= 11 is 0. The molecule has 0 N–H and O–H groups in total. The lowest BCUT2D eigenvalue weighted by atomic mass is 9.71. The smallest absolute Gasteiger partial charge is 0.0546 e. The average molecular weight is 566 g/mol. The Balaban J connectivity index is 1.43. The molecular weight excluding hydrogens is 530 g/mol. The van der Waals surface area contributed by atoms with E-state index >= 15 is 0 Å². The Hall–Kier alpha value is -4.88. The SMILES string of the molecule is Cc1cc2c3ccccc3c(N3c4ccccc4C(C)(C)c4cc5c(cc43)C(C)(C)c3ccccc3-5)cc2c2ccccc12. The highest BCUT2D eigenvalue weighted by atomic mass is 15.2. The zero-order chi connectivity index (χ0) is 30.0. The molecule has 7 aromatic carbocycles. The second-order valence-corrected chi connectivity index (χ2v) is 13.8. The van der Waals surface area contributed by atoms with Gasteiger partial charge in [0.1, 0.15) is 0 Å². The molecule has 44 heavy (non-hydrogen) atoms. The van der Waals surface area contributed by atoms with Crippen molar-refractivity contribution in [2.75, 3.05) is 4.90 Å². The highest BCUT2D eigenvalue weighted by Gasteiger charge is 2.42. The Morgan fingerprint density at radius 3 is 1.73 bits per heavy atom. The maximum Gasteiger partial charge on any atom is 0.0546 e. The predicted molar refractivity (Wildman–Crippen MR) is 188 cm³/mol. The van der Waals surface area contributed by atoms with Gasteiger partial charge >= 0.3 is 0 Å². The zero-order valence-corrected chi connectivity index (χ0v) is 26.0. The molecule has 212 valence electrons. The lowest BCUT2D eigenvalue weighted by molar-refractivity contribution is 0.627. The van der Waals surface area contributed by atoms with Crippen LogP contribution in [0.25, 0.3) is 43.4 Å². The minimum atomic E-state index is -0.157. The molecule has 0 bridgehead atoms. The van der Waals surface area contributed by atoms with Crippen LogP contribution < -0.4 is 4.90 Å². The van der Waals surface area contributed by atoms with Gasteiger partial charge in [-0.05, 0) is 97.1 Å². The summed E-state index contributed by atoms with van der Waals surface area (Å²) in [4.78, 5) is 2.58. The third-order valence-electron chi connectivity index (χ3n) is 10.7. The first-order chi connectivity index (χ1) is 21.3. The van der Waals surface area contributed by atoms with Crippen molar-refractivity contribution in [1.82, 2.24) is 0 Å². The predicted octanol–water partition coefficient (Wildman–Crippen LogP) is 11.9. The minimum absolute atomic E-state index is 0.0765. The van der Waals surface area contributed by atoms with Crippen molar-refractivity contribution in [2.45, 2.75) is 45.4 Å². The zero-order valence-electron chi connectivity index (χ0n) is 26.0. The molecule has 0 fully saturated rings. The molecule has 7 aromatic rings. The molecule has 0 amide bonds. The highest BCUT2D eigenvalue weighted by molar-refractivity contribution is 6.22. The van der Waals surface area contributed by atoms with Crippen molar-refractivity contribution in [3.63, 3.8) is 0 Å². The van der Waals surface area contributed by atoms with Crippen molar-refractivity contribution in [3.05, 3.63) is 149 Å². The molecular formula is C43H35N. The van der Waals surface area contributed by atoms with Gasteiger partial charge in [-0.2, -0.15) is 0 Å². The summed E-state index contributed by atoms with van der Waals surface area (Å²) in [6.45, 7) is 11.8. The number of hydrogen-bond donors (Lipinski definition) is 0. The van der Waals surface area contributed by atoms with Crippen LogP contribution in [-0.4, -0.2) is 0 Å². The first-order valence-electron chi connectivity index (χ1n) is 15.8. The van der Waals surface area contributed by atoms with Crippen LogP contribution in [0, 0.1) is 6.92 Å². The minimum Gasteiger partial charge on any atom is -0.309 e. The van der Waals surface area contributed by atoms with E-state index in [2.05, 4.69) is 161 Å². The fraction of sp³-hybridized carbons (Fsp3) is 0.163. The van der Waals surface area contributed by atoms with Gasteiger partial charge in [-0.15, -0.1) is 0 Å². The standard InChI is InChI=1S/C43H35N/c1-26-22-32-29-16-8-9-18-31(29)40(24-33(32)28-15-7-6-14-27(26)28)44-39-21-13-12-20-36(39)43(4,5)38-23-34-30-17-10-11-19-35(30)42(2,3)37(34)25-41(38)44/h6-25H,1-5H3. The van der Waals surface area contributed by atoms with Crippen LogP contribution >= 0.6 is 0 Å². The van der Waals surface area contributed by atoms with Crippen LogP contribution in [0.15, 0.2) is 121 Å². The van der Waals surface area contributed by atoms with Crippen LogP contribution in [0.5, 0.6) is 0 Å². The van der Waals surface area contributed by atoms with E-state index in [9.17, 15) is 0 Å². The van der Waals surface area contributed by atoms with Crippen molar-refractivity contribution in [2.24, 2.45) is 0 Å². The number of hydrogen-bond acceptors (Lipinski definition) is 1. The summed E-state index contributed by atoms with van der Waals surface area (Å²) in [6, 6.07) is 45.8. The number of aryl methyl sites for hydroxylation is 1. The van der Waals surface area contributed by atoms with Crippen LogP contribution in [-0.2, 0) is 10.8 Å². The van der Waals surface area contributed by atoms with Gasteiger partial charge in [0.05, 0.1) is 17.1 Å². The third-order valence-corrected chi connectivity index (χ3v) is 10.7. The molecule has 1 aliphatic heterocycles. The van der Waals surface area contributed by atoms with Gasteiger partial charge in [-0.25, -0.2) is 0 Å². The lowest BCUT2D eigenvalue weighted by Gasteiger charge is -2.43. The average Bonchev–Trinajstić information content (AvgIpc) is 3.27. The molecule has 0 radical (unpaired) electrons. The van der Waals surface area contributed by atoms with Gasteiger partial charge in [-0.1, -0.05) is 125 Å². The van der Waals surface area contributed by atoms with E-state index < -0.39 is 0 Å². The van der Waals surface area contributed by atoms with Gasteiger partial charge in [-0.3, -0.25) is 0 Å². The topological polar surface area (TPSA) is 3.24 Å². The van der Waals surface area contributed by atoms with E-state index in [0.29, 0.717) is 0 Å². The summed E-state index contributed by atoms with van der Waals surface area (Å²) < 4.78 is 0. The molecule has 1 heterocycles. The first kappa shape index (κ1) is 25.6.